The van der Waals surface area contributed by atoms with Gasteiger partial charge in [-0.2, -0.15) is 5.10 Å². The third kappa shape index (κ3) is 3.59. The summed E-state index contributed by atoms with van der Waals surface area (Å²) in [5, 5.41) is 12.8. The van der Waals surface area contributed by atoms with Crippen molar-refractivity contribution < 1.29 is 13.6 Å². The third-order valence-corrected chi connectivity index (χ3v) is 6.64. The molecule has 1 atom stereocenters. The molecule has 9 nitrogen and oxygen atoms in total. The Kier molecular flexibility index (Phi) is 5.08. The molecule has 1 amide bonds. The number of piperidine rings is 1. The summed E-state index contributed by atoms with van der Waals surface area (Å²) >= 11 is 0. The fourth-order valence-electron chi connectivity index (χ4n) is 4.30. The van der Waals surface area contributed by atoms with E-state index in [2.05, 4.69) is 25.8 Å². The fraction of sp³-hybridized carbons (Fsp3) is 0.650. The zero-order chi connectivity index (χ0) is 22.6. The summed E-state index contributed by atoms with van der Waals surface area (Å²) in [7, 11) is 1.92. The van der Waals surface area contributed by atoms with Gasteiger partial charge in [0, 0.05) is 44.1 Å². The Hall–Kier alpha value is -2.53. The van der Waals surface area contributed by atoms with Crippen LogP contribution in [-0.4, -0.2) is 63.3 Å². The molecule has 31 heavy (non-hydrogen) atoms. The van der Waals surface area contributed by atoms with E-state index in [1.54, 1.807) is 4.90 Å². The number of amidine groups is 1. The fourth-order valence-corrected chi connectivity index (χ4v) is 4.30. The molecule has 0 bridgehead atoms. The van der Waals surface area contributed by atoms with Crippen LogP contribution in [0.15, 0.2) is 17.0 Å². The van der Waals surface area contributed by atoms with Crippen molar-refractivity contribution in [2.24, 2.45) is 10.7 Å². The molecule has 0 saturated carbocycles. The first kappa shape index (κ1) is 21.7. The molecule has 4 heterocycles. The zero-order valence-corrected chi connectivity index (χ0v) is 18.4. The van der Waals surface area contributed by atoms with Crippen molar-refractivity contribution >= 4 is 17.6 Å². The maximum Gasteiger partial charge on any atom is 0.261 e. The van der Waals surface area contributed by atoms with Gasteiger partial charge in [0.1, 0.15) is 0 Å². The lowest BCUT2D eigenvalue weighted by atomic mass is 9.90. The number of anilines is 1. The van der Waals surface area contributed by atoms with E-state index in [0.29, 0.717) is 36.6 Å². The summed E-state index contributed by atoms with van der Waals surface area (Å²) in [6, 6.07) is 0. The van der Waals surface area contributed by atoms with Crippen LogP contribution in [0.4, 0.5) is 14.6 Å². The lowest BCUT2D eigenvalue weighted by Crippen LogP contribution is -2.54. The largest absolute Gasteiger partial charge is 0.353 e. The van der Waals surface area contributed by atoms with Crippen molar-refractivity contribution in [1.82, 2.24) is 25.3 Å². The Bertz CT molecular complexity index is 947. The van der Waals surface area contributed by atoms with Gasteiger partial charge in [0.05, 0.1) is 17.8 Å². The molecule has 3 aliphatic rings. The van der Waals surface area contributed by atoms with E-state index in [1.807, 2.05) is 32.7 Å². The number of aliphatic imine (C=N–C) groups is 1. The number of carbonyl (C=O) groups excluding carboxylic acids is 1. The average molecular weight is 437 g/mol. The number of aromatic amines is 1. The Morgan fingerprint density at radius 1 is 1.35 bits per heavy atom. The predicted octanol–water partition coefficient (Wildman–Crippen LogP) is 1.67. The molecule has 0 aromatic carbocycles. The monoisotopic (exact) mass is 436 g/mol. The van der Waals surface area contributed by atoms with Crippen molar-refractivity contribution in [2.75, 3.05) is 25.5 Å². The Balaban J connectivity index is 1.59. The molecule has 0 spiro atoms. The summed E-state index contributed by atoms with van der Waals surface area (Å²) < 4.78 is 29.9. The van der Waals surface area contributed by atoms with Gasteiger partial charge in [0.15, 0.2) is 28.9 Å². The number of rotatable bonds is 3. The topological polar surface area (TPSA) is 115 Å². The normalized spacial score (nSPS) is 27.3. The van der Waals surface area contributed by atoms with E-state index >= 15 is 4.39 Å². The molecule has 5 N–H and O–H groups in total. The van der Waals surface area contributed by atoms with E-state index in [4.69, 9.17) is 5.73 Å². The first-order valence-electron chi connectivity index (χ1n) is 10.6. The third-order valence-electron chi connectivity index (χ3n) is 6.64. The molecule has 1 aromatic rings. The Morgan fingerprint density at radius 3 is 2.68 bits per heavy atom. The maximum atomic E-state index is 15.6. The standard InChI is InChI=1S/C20H30F2N8O/c1-5-20(23)24-10-13(21)16(26-20)25-15-12-11-30(18(2,3)14(12)27-28-15)17(31)19(22)6-8-29(4)9-7-19/h10,24H,5-9,11,23H2,1-4H3,(H2,25,26,27,28). The molecule has 170 valence electrons. The number of fused-ring (bicyclic) bond motifs is 1. The van der Waals surface area contributed by atoms with Crippen LogP contribution in [0.5, 0.6) is 0 Å². The summed E-state index contributed by atoms with van der Waals surface area (Å²) in [4.78, 5) is 21.0. The number of nitrogens with zero attached hydrogens (tertiary/aromatic N) is 4. The predicted molar refractivity (Wildman–Crippen MR) is 113 cm³/mol. The summed E-state index contributed by atoms with van der Waals surface area (Å²) in [6.45, 7) is 6.77. The highest BCUT2D eigenvalue weighted by molar-refractivity contribution is 6.07. The van der Waals surface area contributed by atoms with Gasteiger partial charge in [0.25, 0.3) is 5.91 Å². The SMILES string of the molecule is CCC1(N)N=C(Nc2n[nH]c3c2CN(C(=O)C2(F)CCN(C)CC2)C3(C)C)C(F)=CN1. The smallest absolute Gasteiger partial charge is 0.261 e. The number of aromatic nitrogens is 2. The van der Waals surface area contributed by atoms with Crippen LogP contribution < -0.4 is 16.4 Å². The quantitative estimate of drug-likeness (QED) is 0.573. The molecule has 0 radical (unpaired) electrons. The molecular weight excluding hydrogens is 406 g/mol. The number of nitrogens with two attached hydrogens (primary N) is 1. The minimum atomic E-state index is -1.89. The first-order chi connectivity index (χ1) is 14.5. The number of carbonyl (C=O) groups is 1. The molecule has 0 aliphatic carbocycles. The second-order valence-electron chi connectivity index (χ2n) is 9.14. The lowest BCUT2D eigenvalue weighted by molar-refractivity contribution is -0.153. The van der Waals surface area contributed by atoms with Crippen LogP contribution in [0.2, 0.25) is 0 Å². The van der Waals surface area contributed by atoms with Crippen LogP contribution >= 0.6 is 0 Å². The molecule has 1 aromatic heterocycles. The van der Waals surface area contributed by atoms with Crippen molar-refractivity contribution in [3.05, 3.63) is 23.3 Å². The second kappa shape index (κ2) is 7.27. The van der Waals surface area contributed by atoms with Gasteiger partial charge < -0.3 is 20.4 Å². The van der Waals surface area contributed by atoms with Crippen LogP contribution in [0, 0.1) is 0 Å². The van der Waals surface area contributed by atoms with Crippen molar-refractivity contribution in [3.8, 4) is 0 Å². The Labute approximate surface area is 180 Å². The number of likely N-dealkylation sites (tertiary alicyclic amines) is 1. The highest BCUT2D eigenvalue weighted by atomic mass is 19.1. The molecule has 1 fully saturated rings. The van der Waals surface area contributed by atoms with Crippen LogP contribution in [0.25, 0.3) is 0 Å². The number of amides is 1. The number of H-pyrrole nitrogens is 1. The van der Waals surface area contributed by atoms with Crippen molar-refractivity contribution in [1.29, 1.82) is 0 Å². The van der Waals surface area contributed by atoms with Crippen molar-refractivity contribution in [2.45, 2.75) is 63.6 Å². The maximum absolute atomic E-state index is 15.6. The molecule has 3 aliphatic heterocycles. The number of alkyl halides is 1. The Morgan fingerprint density at radius 2 is 2.03 bits per heavy atom. The minimum Gasteiger partial charge on any atom is -0.353 e. The molecule has 1 saturated heterocycles. The van der Waals surface area contributed by atoms with Crippen LogP contribution in [-0.2, 0) is 16.9 Å². The van der Waals surface area contributed by atoms with Gasteiger partial charge in [-0.05, 0) is 20.9 Å². The van der Waals surface area contributed by atoms with Gasteiger partial charge in [-0.25, -0.2) is 13.8 Å². The average Bonchev–Trinajstić information content (AvgIpc) is 3.25. The highest BCUT2D eigenvalue weighted by Gasteiger charge is 2.51. The first-order valence-corrected chi connectivity index (χ1v) is 10.6. The van der Waals surface area contributed by atoms with Gasteiger partial charge in [-0.15, -0.1) is 0 Å². The van der Waals surface area contributed by atoms with Gasteiger partial charge in [-0.3, -0.25) is 15.6 Å². The number of halogens is 2. The second-order valence-corrected chi connectivity index (χ2v) is 9.14. The van der Waals surface area contributed by atoms with E-state index < -0.39 is 28.7 Å². The van der Waals surface area contributed by atoms with Gasteiger partial charge in [-0.1, -0.05) is 6.92 Å². The summed E-state index contributed by atoms with van der Waals surface area (Å²) in [5.74, 6) is -1.94. The van der Waals surface area contributed by atoms with E-state index in [9.17, 15) is 9.18 Å². The molecule has 11 heteroatoms. The number of hydrogen-bond acceptors (Lipinski definition) is 7. The minimum absolute atomic E-state index is 0.0442. The lowest BCUT2D eigenvalue weighted by Gasteiger charge is -2.40. The van der Waals surface area contributed by atoms with Gasteiger partial charge in [0.2, 0.25) is 0 Å². The summed E-state index contributed by atoms with van der Waals surface area (Å²) in [6.07, 6.45) is 1.95. The molecule has 4 rings (SSSR count). The number of nitrogens with one attached hydrogen (secondary N) is 3. The highest BCUT2D eigenvalue weighted by Crippen LogP contribution is 2.43. The van der Waals surface area contributed by atoms with Crippen LogP contribution in [0.1, 0.15) is 51.3 Å². The number of hydrogen-bond donors (Lipinski definition) is 4. The van der Waals surface area contributed by atoms with Crippen LogP contribution in [0.3, 0.4) is 0 Å². The summed E-state index contributed by atoms with van der Waals surface area (Å²) in [5.41, 5.74) is 4.79. The molecular formula is C20H30F2N8O. The van der Waals surface area contributed by atoms with E-state index in [-0.39, 0.29) is 25.2 Å². The molecule has 1 unspecified atom stereocenters. The van der Waals surface area contributed by atoms with Gasteiger partial charge >= 0.3 is 0 Å². The zero-order valence-electron chi connectivity index (χ0n) is 18.4. The van der Waals surface area contributed by atoms with E-state index in [1.165, 1.54) is 6.20 Å². The van der Waals surface area contributed by atoms with Crippen molar-refractivity contribution in [3.63, 3.8) is 0 Å². The van der Waals surface area contributed by atoms with E-state index in [0.717, 1.165) is 0 Å².